The molecule has 2 heterocycles. The summed E-state index contributed by atoms with van der Waals surface area (Å²) in [6, 6.07) is 9.53. The number of nitrogens with one attached hydrogen (secondary N) is 10. The van der Waals surface area contributed by atoms with Crippen LogP contribution in [0, 0.1) is 34.5 Å². The molecule has 2 aliphatic heterocycles. The zero-order valence-corrected chi connectivity index (χ0v) is 66.8. The lowest BCUT2D eigenvalue weighted by molar-refractivity contribution is -0.0676. The van der Waals surface area contributed by atoms with Crippen LogP contribution in [0.3, 0.4) is 0 Å². The Kier molecular flexibility index (Phi) is 47.8. The van der Waals surface area contributed by atoms with Gasteiger partial charge in [0.05, 0.1) is 38.0 Å². The van der Waals surface area contributed by atoms with Gasteiger partial charge in [-0.2, -0.15) is 0 Å². The smallest absolute Gasteiger partial charge is 0.0669 e. The number of rotatable bonds is 26. The van der Waals surface area contributed by atoms with E-state index in [1.54, 1.807) is 0 Å². The van der Waals surface area contributed by atoms with Gasteiger partial charge in [0.1, 0.15) is 0 Å². The average molecular weight is 1300 g/mol. The van der Waals surface area contributed by atoms with E-state index in [1.807, 2.05) is 0 Å². The van der Waals surface area contributed by atoms with Gasteiger partial charge in [-0.05, 0) is 178 Å². The molecule has 0 aromatic carbocycles. The molecular formula is C80H170N10O2. The average Bonchev–Trinajstić information content (AvgIpc) is 0.883. The Morgan fingerprint density at radius 2 is 0.728 bits per heavy atom. The Morgan fingerprint density at radius 1 is 0.370 bits per heavy atom. The Labute approximate surface area is 576 Å². The second kappa shape index (κ2) is 49.1. The van der Waals surface area contributed by atoms with Crippen molar-refractivity contribution in [3.63, 3.8) is 0 Å². The summed E-state index contributed by atoms with van der Waals surface area (Å²) in [6.45, 7) is 66.4. The largest absolute Gasteiger partial charge is 0.378 e. The fraction of sp³-hybridized carbons (Fsp3) is 1.00. The van der Waals surface area contributed by atoms with Crippen LogP contribution in [-0.2, 0) is 9.47 Å². The first-order valence-electron chi connectivity index (χ1n) is 39.7. The molecular weight excluding hydrogens is 1130 g/mol. The van der Waals surface area contributed by atoms with Crippen molar-refractivity contribution >= 4 is 0 Å². The summed E-state index contributed by atoms with van der Waals surface area (Å²) in [5, 5.41) is 34.8. The quantitative estimate of drug-likeness (QED) is 0.0404. The van der Waals surface area contributed by atoms with Gasteiger partial charge in [0.2, 0.25) is 0 Å². The van der Waals surface area contributed by atoms with Gasteiger partial charge in [-0.3, -0.25) is 0 Å². The number of ether oxygens (including phenoxy) is 2. The van der Waals surface area contributed by atoms with Crippen LogP contribution >= 0.6 is 0 Å². The SMILES string of the molecule is CC(C)NC(C)(C)C1CCC1.CC(C)NC(C)C1CCC1.CC(C)NC1(C)COC1.CC(C)NC1CCC1.CC(C)NC1CCC1.CC(C)NC1COC1.CC(C)NCC1(C)CCC1.CC(C)NCC1(C)CCC1.CC(C)NCC1CCC1.CC(C)NCC1CCC1. The molecule has 0 amide bonds. The summed E-state index contributed by atoms with van der Waals surface area (Å²) in [7, 11) is 0. The van der Waals surface area contributed by atoms with E-state index in [1.165, 1.54) is 180 Å². The maximum atomic E-state index is 5.08. The Bertz CT molecular complexity index is 1580. The van der Waals surface area contributed by atoms with Crippen molar-refractivity contribution in [1.82, 2.24) is 53.2 Å². The first-order valence-corrected chi connectivity index (χ1v) is 39.7. The highest BCUT2D eigenvalue weighted by atomic mass is 16.5. The van der Waals surface area contributed by atoms with Gasteiger partial charge in [-0.15, -0.1) is 0 Å². The van der Waals surface area contributed by atoms with Crippen molar-refractivity contribution in [2.24, 2.45) is 34.5 Å². The highest BCUT2D eigenvalue weighted by molar-refractivity contribution is 4.93. The van der Waals surface area contributed by atoms with Crippen molar-refractivity contribution in [2.75, 3.05) is 52.6 Å². The Balaban J connectivity index is 0.000000512. The van der Waals surface area contributed by atoms with Crippen LogP contribution in [0.5, 0.6) is 0 Å². The molecule has 552 valence electrons. The van der Waals surface area contributed by atoms with Crippen LogP contribution in [0.15, 0.2) is 0 Å². The molecule has 1 atom stereocenters. The highest BCUT2D eigenvalue weighted by Gasteiger charge is 2.35. The van der Waals surface area contributed by atoms with Crippen LogP contribution < -0.4 is 53.2 Å². The minimum atomic E-state index is 0.272. The van der Waals surface area contributed by atoms with E-state index in [-0.39, 0.29) is 5.54 Å². The highest BCUT2D eigenvalue weighted by Crippen LogP contribution is 2.40. The van der Waals surface area contributed by atoms with Gasteiger partial charge in [0, 0.05) is 97.2 Å². The predicted molar refractivity (Wildman–Crippen MR) is 408 cm³/mol. The van der Waals surface area contributed by atoms with Gasteiger partial charge in [-0.25, -0.2) is 0 Å². The number of hydrogen-bond donors (Lipinski definition) is 10. The predicted octanol–water partition coefficient (Wildman–Crippen LogP) is 16.9. The molecule has 8 saturated carbocycles. The van der Waals surface area contributed by atoms with E-state index in [4.69, 9.17) is 9.47 Å². The minimum absolute atomic E-state index is 0.272. The molecule has 8 aliphatic carbocycles. The summed E-state index contributed by atoms with van der Waals surface area (Å²) < 4.78 is 10.0. The normalized spacial score (nSPS) is 21.8. The molecule has 0 aromatic rings. The summed E-state index contributed by atoms with van der Waals surface area (Å²) in [4.78, 5) is 0. The molecule has 10 aliphatic rings. The minimum Gasteiger partial charge on any atom is -0.378 e. The summed E-state index contributed by atoms with van der Waals surface area (Å²) in [5.41, 5.74) is 1.93. The summed E-state index contributed by atoms with van der Waals surface area (Å²) >= 11 is 0. The standard InChI is InChI=1S/C10H21N.3C9H19N.2C8H17N.C7H15NO.2C7H15N.C6H13NO/c1-8(2)11-10(3,4)9-6-5-7-9;2*1-8(2)10-7-9(3)5-4-6-9;1-7(2)10-8(3)9-5-4-6-9;2*1-7(2)9-6-8-4-3-5-8;1-6(2)8-7(3)4-9-5-7;2*1-6(2)8-7-4-3-5-7;1-5(2)7-6-3-8-4-6/h8-9,11H,5-7H2,1-4H3;2*8,10H,4-7H2,1-3H3;7-10H,4-6H2,1-3H3;2*7-9H,3-6H2,1-2H3;6,8H,4-5H2,1-3H3;2*6-8H,3-5H2,1-2H3;5-7H,3-4H2,1-2H3. The fourth-order valence-corrected chi connectivity index (χ4v) is 12.7. The molecule has 10 rings (SSSR count). The van der Waals surface area contributed by atoms with E-state index in [0.29, 0.717) is 82.8 Å². The van der Waals surface area contributed by atoms with Crippen LogP contribution in [0.25, 0.3) is 0 Å². The lowest BCUT2D eigenvalue weighted by Gasteiger charge is -2.42. The first-order chi connectivity index (χ1) is 43.0. The number of hydrogen-bond acceptors (Lipinski definition) is 12. The monoisotopic (exact) mass is 1300 g/mol. The van der Waals surface area contributed by atoms with Crippen LogP contribution in [0.1, 0.15) is 334 Å². The molecule has 10 N–H and O–H groups in total. The zero-order valence-electron chi connectivity index (χ0n) is 66.8. The van der Waals surface area contributed by atoms with Crippen molar-refractivity contribution < 1.29 is 9.47 Å². The third kappa shape index (κ3) is 46.0. The topological polar surface area (TPSA) is 139 Å². The zero-order chi connectivity index (χ0) is 69.5. The maximum Gasteiger partial charge on any atom is 0.0669 e. The van der Waals surface area contributed by atoms with Crippen molar-refractivity contribution in [3.8, 4) is 0 Å². The van der Waals surface area contributed by atoms with Gasteiger partial charge in [-0.1, -0.05) is 204 Å². The molecule has 2 saturated heterocycles. The van der Waals surface area contributed by atoms with Crippen LogP contribution in [-0.4, -0.2) is 148 Å². The summed E-state index contributed by atoms with van der Waals surface area (Å²) in [5.74, 6) is 3.91. The maximum absolute atomic E-state index is 5.08. The Hall–Kier alpha value is -0.480. The molecule has 12 heteroatoms. The third-order valence-corrected chi connectivity index (χ3v) is 20.3. The van der Waals surface area contributed by atoms with E-state index < -0.39 is 0 Å². The van der Waals surface area contributed by atoms with E-state index in [9.17, 15) is 0 Å². The molecule has 0 radical (unpaired) electrons. The summed E-state index contributed by atoms with van der Waals surface area (Å²) in [6.07, 6.45) is 34.4. The lowest BCUT2D eigenvalue weighted by Crippen LogP contribution is -2.60. The third-order valence-electron chi connectivity index (χ3n) is 20.3. The molecule has 0 bridgehead atoms. The van der Waals surface area contributed by atoms with Gasteiger partial charge >= 0.3 is 0 Å². The Morgan fingerprint density at radius 3 is 0.891 bits per heavy atom. The molecule has 92 heavy (non-hydrogen) atoms. The van der Waals surface area contributed by atoms with Gasteiger partial charge in [0.15, 0.2) is 0 Å². The molecule has 10 fully saturated rings. The molecule has 0 spiro atoms. The van der Waals surface area contributed by atoms with E-state index in [0.717, 1.165) is 68.2 Å². The van der Waals surface area contributed by atoms with Gasteiger partial charge in [0.25, 0.3) is 0 Å². The van der Waals surface area contributed by atoms with Gasteiger partial charge < -0.3 is 62.6 Å². The first kappa shape index (κ1) is 89.5. The molecule has 12 nitrogen and oxygen atoms in total. The van der Waals surface area contributed by atoms with Crippen LogP contribution in [0.2, 0.25) is 0 Å². The lowest BCUT2D eigenvalue weighted by atomic mass is 9.70. The second-order valence-electron chi connectivity index (χ2n) is 35.4. The van der Waals surface area contributed by atoms with Crippen LogP contribution in [0.4, 0.5) is 0 Å². The van der Waals surface area contributed by atoms with Crippen molar-refractivity contribution in [3.05, 3.63) is 0 Å². The molecule has 1 unspecified atom stereocenters. The van der Waals surface area contributed by atoms with E-state index >= 15 is 0 Å². The van der Waals surface area contributed by atoms with Crippen molar-refractivity contribution in [2.45, 2.75) is 430 Å². The second-order valence-corrected chi connectivity index (χ2v) is 35.4. The fourth-order valence-electron chi connectivity index (χ4n) is 12.7. The van der Waals surface area contributed by atoms with Crippen molar-refractivity contribution in [1.29, 1.82) is 0 Å². The van der Waals surface area contributed by atoms with E-state index in [2.05, 4.69) is 233 Å². The molecule has 0 aromatic heterocycles.